The summed E-state index contributed by atoms with van der Waals surface area (Å²) >= 11 is 5.32. The SMILES string of the molecule is CCNC(=S)N1CCN(S(=O)(=O)c2c(C)c(C)cc(C)c2C)CC1. The third kappa shape index (κ3) is 3.58. The van der Waals surface area contributed by atoms with E-state index in [1.807, 2.05) is 39.5 Å². The van der Waals surface area contributed by atoms with Crippen molar-refractivity contribution in [1.82, 2.24) is 14.5 Å². The summed E-state index contributed by atoms with van der Waals surface area (Å²) in [6.07, 6.45) is 0. The number of hydrogen-bond donors (Lipinski definition) is 1. The largest absolute Gasteiger partial charge is 0.363 e. The number of benzene rings is 1. The predicted octanol–water partition coefficient (Wildman–Crippen LogP) is 2.12. The Labute approximate surface area is 151 Å². The molecule has 7 heteroatoms. The van der Waals surface area contributed by atoms with Gasteiger partial charge in [0.05, 0.1) is 4.90 Å². The van der Waals surface area contributed by atoms with Crippen molar-refractivity contribution in [2.24, 2.45) is 0 Å². The van der Waals surface area contributed by atoms with Gasteiger partial charge in [-0.2, -0.15) is 4.31 Å². The quantitative estimate of drug-likeness (QED) is 0.827. The molecule has 1 aromatic carbocycles. The van der Waals surface area contributed by atoms with Crippen LogP contribution in [-0.4, -0.2) is 55.5 Å². The van der Waals surface area contributed by atoms with E-state index in [0.717, 1.165) is 28.8 Å². The van der Waals surface area contributed by atoms with Crippen LogP contribution in [0.5, 0.6) is 0 Å². The van der Waals surface area contributed by atoms with Crippen molar-refractivity contribution in [3.63, 3.8) is 0 Å². The normalized spacial score (nSPS) is 16.3. The lowest BCUT2D eigenvalue weighted by Gasteiger charge is -2.36. The van der Waals surface area contributed by atoms with Crippen LogP contribution in [-0.2, 0) is 10.0 Å². The molecule has 0 aromatic heterocycles. The lowest BCUT2D eigenvalue weighted by atomic mass is 10.0. The van der Waals surface area contributed by atoms with Gasteiger partial charge in [-0.1, -0.05) is 6.07 Å². The zero-order valence-electron chi connectivity index (χ0n) is 15.1. The van der Waals surface area contributed by atoms with E-state index in [2.05, 4.69) is 11.4 Å². The van der Waals surface area contributed by atoms with Gasteiger partial charge >= 0.3 is 0 Å². The molecule has 1 aliphatic heterocycles. The molecule has 0 spiro atoms. The maximum atomic E-state index is 13.2. The number of aryl methyl sites for hydroxylation is 2. The summed E-state index contributed by atoms with van der Waals surface area (Å²) in [5, 5.41) is 3.83. The number of nitrogens with one attached hydrogen (secondary N) is 1. The zero-order chi connectivity index (χ0) is 18.1. The first-order valence-electron chi connectivity index (χ1n) is 8.30. The Bertz CT molecular complexity index is 710. The van der Waals surface area contributed by atoms with Crippen LogP contribution < -0.4 is 5.32 Å². The number of hydrogen-bond acceptors (Lipinski definition) is 3. The van der Waals surface area contributed by atoms with Crippen molar-refractivity contribution in [2.75, 3.05) is 32.7 Å². The minimum Gasteiger partial charge on any atom is -0.363 e. The lowest BCUT2D eigenvalue weighted by Crippen LogP contribution is -2.53. The Morgan fingerprint density at radius 1 is 1.08 bits per heavy atom. The molecule has 1 saturated heterocycles. The standard InChI is InChI=1S/C17H27N3O2S2/c1-6-18-17(23)19-7-9-20(10-8-19)24(21,22)16-14(4)12(2)11-13(3)15(16)5/h11H,6-10H2,1-5H3,(H,18,23). The molecule has 5 nitrogen and oxygen atoms in total. The molecule has 0 bridgehead atoms. The molecule has 0 atom stereocenters. The fourth-order valence-electron chi connectivity index (χ4n) is 3.09. The molecular weight excluding hydrogens is 342 g/mol. The molecule has 0 radical (unpaired) electrons. The van der Waals surface area contributed by atoms with Crippen molar-refractivity contribution in [2.45, 2.75) is 39.5 Å². The number of rotatable bonds is 3. The molecular formula is C17H27N3O2S2. The fourth-order valence-corrected chi connectivity index (χ4v) is 5.42. The van der Waals surface area contributed by atoms with Gasteiger partial charge in [-0.15, -0.1) is 0 Å². The van der Waals surface area contributed by atoms with Gasteiger partial charge in [-0.25, -0.2) is 8.42 Å². The molecule has 0 unspecified atom stereocenters. The smallest absolute Gasteiger partial charge is 0.243 e. The molecule has 2 rings (SSSR count). The van der Waals surface area contributed by atoms with Crippen LogP contribution in [0.15, 0.2) is 11.0 Å². The molecule has 1 N–H and O–H groups in total. The van der Waals surface area contributed by atoms with Gasteiger partial charge in [-0.3, -0.25) is 0 Å². The van der Waals surface area contributed by atoms with Gasteiger partial charge in [0.2, 0.25) is 10.0 Å². The van der Waals surface area contributed by atoms with Gasteiger partial charge in [0.15, 0.2) is 5.11 Å². The first-order chi connectivity index (χ1) is 11.2. The maximum Gasteiger partial charge on any atom is 0.243 e. The molecule has 1 fully saturated rings. The number of piperazine rings is 1. The summed E-state index contributed by atoms with van der Waals surface area (Å²) < 4.78 is 28.0. The minimum absolute atomic E-state index is 0.458. The van der Waals surface area contributed by atoms with Crippen LogP contribution in [0, 0.1) is 27.7 Å². The van der Waals surface area contributed by atoms with E-state index in [-0.39, 0.29) is 0 Å². The van der Waals surface area contributed by atoms with Gasteiger partial charge in [0, 0.05) is 32.7 Å². The van der Waals surface area contributed by atoms with E-state index in [4.69, 9.17) is 12.2 Å². The first kappa shape index (κ1) is 19.1. The third-order valence-electron chi connectivity index (χ3n) is 4.75. The Kier molecular flexibility index (Phi) is 5.88. The predicted molar refractivity (Wildman–Crippen MR) is 102 cm³/mol. The van der Waals surface area contributed by atoms with E-state index in [1.165, 1.54) is 0 Å². The van der Waals surface area contributed by atoms with Gasteiger partial charge in [0.25, 0.3) is 0 Å². The van der Waals surface area contributed by atoms with Crippen LogP contribution in [0.25, 0.3) is 0 Å². The highest BCUT2D eigenvalue weighted by Gasteiger charge is 2.32. The Hall–Kier alpha value is -1.18. The molecule has 1 heterocycles. The number of sulfonamides is 1. The molecule has 134 valence electrons. The monoisotopic (exact) mass is 369 g/mol. The fraction of sp³-hybridized carbons (Fsp3) is 0.588. The van der Waals surface area contributed by atoms with Crippen molar-refractivity contribution < 1.29 is 8.42 Å². The molecule has 0 aliphatic carbocycles. The highest BCUT2D eigenvalue weighted by molar-refractivity contribution is 7.89. The van der Waals surface area contributed by atoms with E-state index >= 15 is 0 Å². The average molecular weight is 370 g/mol. The topological polar surface area (TPSA) is 52.6 Å². The molecule has 1 aromatic rings. The number of nitrogens with zero attached hydrogens (tertiary/aromatic N) is 2. The van der Waals surface area contributed by atoms with Crippen LogP contribution in [0.1, 0.15) is 29.2 Å². The second-order valence-corrected chi connectivity index (χ2v) is 8.58. The van der Waals surface area contributed by atoms with E-state index in [9.17, 15) is 8.42 Å². The summed E-state index contributed by atoms with van der Waals surface area (Å²) in [6, 6.07) is 2.05. The van der Waals surface area contributed by atoms with Crippen molar-refractivity contribution >= 4 is 27.4 Å². The summed E-state index contributed by atoms with van der Waals surface area (Å²) in [5.74, 6) is 0. The van der Waals surface area contributed by atoms with Crippen LogP contribution >= 0.6 is 12.2 Å². The van der Waals surface area contributed by atoms with Crippen LogP contribution in [0.4, 0.5) is 0 Å². The molecule has 1 aliphatic rings. The summed E-state index contributed by atoms with van der Waals surface area (Å²) in [4.78, 5) is 2.51. The summed E-state index contributed by atoms with van der Waals surface area (Å²) in [6.45, 7) is 12.6. The van der Waals surface area contributed by atoms with E-state index in [1.54, 1.807) is 4.31 Å². The minimum atomic E-state index is -3.49. The molecule has 0 saturated carbocycles. The van der Waals surface area contributed by atoms with Crippen LogP contribution in [0.2, 0.25) is 0 Å². The highest BCUT2D eigenvalue weighted by atomic mass is 32.2. The summed E-state index contributed by atoms with van der Waals surface area (Å²) in [5.41, 5.74) is 3.74. The Morgan fingerprint density at radius 3 is 2.04 bits per heavy atom. The second kappa shape index (κ2) is 7.37. The zero-order valence-corrected chi connectivity index (χ0v) is 16.8. The Morgan fingerprint density at radius 2 is 1.58 bits per heavy atom. The summed E-state index contributed by atoms with van der Waals surface area (Å²) in [7, 11) is -3.49. The van der Waals surface area contributed by atoms with Gasteiger partial charge < -0.3 is 10.2 Å². The second-order valence-electron chi connectivity index (χ2n) is 6.32. The molecule has 0 amide bonds. The molecule has 24 heavy (non-hydrogen) atoms. The van der Waals surface area contributed by atoms with E-state index in [0.29, 0.717) is 36.2 Å². The Balaban J connectivity index is 2.26. The van der Waals surface area contributed by atoms with E-state index < -0.39 is 10.0 Å². The van der Waals surface area contributed by atoms with Crippen molar-refractivity contribution in [1.29, 1.82) is 0 Å². The van der Waals surface area contributed by atoms with Gasteiger partial charge in [0.1, 0.15) is 0 Å². The maximum absolute atomic E-state index is 13.2. The number of thiocarbonyl (C=S) groups is 1. The van der Waals surface area contributed by atoms with Crippen LogP contribution in [0.3, 0.4) is 0 Å². The first-order valence-corrected chi connectivity index (χ1v) is 10.1. The van der Waals surface area contributed by atoms with Crippen molar-refractivity contribution in [3.05, 3.63) is 28.3 Å². The average Bonchev–Trinajstić information content (AvgIpc) is 2.53. The van der Waals surface area contributed by atoms with Gasteiger partial charge in [-0.05, 0) is 69.1 Å². The highest BCUT2D eigenvalue weighted by Crippen LogP contribution is 2.29. The lowest BCUT2D eigenvalue weighted by molar-refractivity contribution is 0.264. The third-order valence-corrected chi connectivity index (χ3v) is 7.32. The van der Waals surface area contributed by atoms with Crippen molar-refractivity contribution in [3.8, 4) is 0 Å².